The molecule has 138 valence electrons. The number of thioether (sulfide) groups is 1. The van der Waals surface area contributed by atoms with Crippen molar-refractivity contribution >= 4 is 28.7 Å². The lowest BCUT2D eigenvalue weighted by molar-refractivity contribution is 0.131. The van der Waals surface area contributed by atoms with E-state index < -0.39 is 0 Å². The quantitative estimate of drug-likeness (QED) is 0.475. The highest BCUT2D eigenvalue weighted by Gasteiger charge is 2.16. The number of benzene rings is 3. The van der Waals surface area contributed by atoms with E-state index in [0.29, 0.717) is 0 Å². The third kappa shape index (κ3) is 4.52. The first kappa shape index (κ1) is 18.1. The monoisotopic (exact) mass is 375 g/mol. The summed E-state index contributed by atoms with van der Waals surface area (Å²) in [6, 6.07) is 23.8. The van der Waals surface area contributed by atoms with Crippen molar-refractivity contribution in [3.63, 3.8) is 0 Å². The Morgan fingerprint density at radius 1 is 0.889 bits per heavy atom. The molecular weight excluding hydrogens is 350 g/mol. The Labute approximate surface area is 165 Å². The van der Waals surface area contributed by atoms with Crippen LogP contribution in [0.4, 0.5) is 0 Å². The average molecular weight is 376 g/mol. The topological polar surface area (TPSA) is 18.8 Å². The van der Waals surface area contributed by atoms with E-state index in [1.807, 2.05) is 6.21 Å². The fourth-order valence-electron chi connectivity index (χ4n) is 3.52. The smallest absolute Gasteiger partial charge is 0.0542 e. The summed E-state index contributed by atoms with van der Waals surface area (Å²) in [6.45, 7) is 5.06. The summed E-state index contributed by atoms with van der Waals surface area (Å²) in [4.78, 5) is 3.82. The summed E-state index contributed by atoms with van der Waals surface area (Å²) < 4.78 is 0. The highest BCUT2D eigenvalue weighted by molar-refractivity contribution is 7.98. The molecule has 0 radical (unpaired) electrons. The van der Waals surface area contributed by atoms with Crippen molar-refractivity contribution in [3.05, 3.63) is 77.9 Å². The number of hydrogen-bond acceptors (Lipinski definition) is 4. The minimum absolute atomic E-state index is 0.976. The standard InChI is InChI=1S/C23H25N3S/c1-27-22-11-9-19(10-12-22)17-24-26-15-13-25(14-16-26)18-21-7-4-6-20-5-2-3-8-23(20)21/h2-12,17H,13-16,18H2,1H3/b24-17+. The van der Waals surface area contributed by atoms with Crippen molar-refractivity contribution < 1.29 is 0 Å². The van der Waals surface area contributed by atoms with Crippen LogP contribution in [0.25, 0.3) is 10.8 Å². The summed E-state index contributed by atoms with van der Waals surface area (Å²) >= 11 is 1.76. The number of hydrazone groups is 1. The number of nitrogens with zero attached hydrogens (tertiary/aromatic N) is 3. The Hall–Kier alpha value is -2.30. The van der Waals surface area contributed by atoms with Crippen LogP contribution in [0.15, 0.2) is 76.7 Å². The van der Waals surface area contributed by atoms with Crippen LogP contribution >= 0.6 is 11.8 Å². The van der Waals surface area contributed by atoms with E-state index >= 15 is 0 Å². The lowest BCUT2D eigenvalue weighted by atomic mass is 10.0. The molecule has 3 aromatic rings. The molecule has 0 spiro atoms. The molecule has 0 bridgehead atoms. The highest BCUT2D eigenvalue weighted by atomic mass is 32.2. The van der Waals surface area contributed by atoms with Crippen molar-refractivity contribution in [1.82, 2.24) is 9.91 Å². The van der Waals surface area contributed by atoms with Crippen LogP contribution < -0.4 is 0 Å². The maximum atomic E-state index is 4.68. The Morgan fingerprint density at radius 2 is 1.63 bits per heavy atom. The van der Waals surface area contributed by atoms with Crippen LogP contribution in [0, 0.1) is 0 Å². The van der Waals surface area contributed by atoms with Gasteiger partial charge in [-0.1, -0.05) is 54.6 Å². The van der Waals surface area contributed by atoms with E-state index in [1.165, 1.54) is 21.2 Å². The van der Waals surface area contributed by atoms with Crippen molar-refractivity contribution in [2.45, 2.75) is 11.4 Å². The molecule has 27 heavy (non-hydrogen) atoms. The summed E-state index contributed by atoms with van der Waals surface area (Å²) in [5.74, 6) is 0. The summed E-state index contributed by atoms with van der Waals surface area (Å²) in [5, 5.41) is 9.55. The molecule has 0 N–H and O–H groups in total. The van der Waals surface area contributed by atoms with Crippen LogP contribution in [0.3, 0.4) is 0 Å². The lowest BCUT2D eigenvalue weighted by Gasteiger charge is -2.33. The molecule has 1 aliphatic rings. The van der Waals surface area contributed by atoms with Gasteiger partial charge in [0, 0.05) is 37.6 Å². The minimum atomic E-state index is 0.976. The van der Waals surface area contributed by atoms with Gasteiger partial charge >= 0.3 is 0 Å². The van der Waals surface area contributed by atoms with E-state index in [2.05, 4.69) is 88.0 Å². The third-order valence-electron chi connectivity index (χ3n) is 5.11. The van der Waals surface area contributed by atoms with E-state index in [0.717, 1.165) is 38.3 Å². The zero-order valence-electron chi connectivity index (χ0n) is 15.7. The fourth-order valence-corrected chi connectivity index (χ4v) is 3.93. The predicted octanol–water partition coefficient (Wildman–Crippen LogP) is 4.71. The Morgan fingerprint density at radius 3 is 2.41 bits per heavy atom. The van der Waals surface area contributed by atoms with Crippen molar-refractivity contribution in [3.8, 4) is 0 Å². The molecule has 1 saturated heterocycles. The summed E-state index contributed by atoms with van der Waals surface area (Å²) in [5.41, 5.74) is 2.57. The van der Waals surface area contributed by atoms with Crippen LogP contribution in [-0.4, -0.2) is 48.6 Å². The molecule has 0 aromatic heterocycles. The fraction of sp³-hybridized carbons (Fsp3) is 0.261. The van der Waals surface area contributed by atoms with Gasteiger partial charge in [0.25, 0.3) is 0 Å². The first-order valence-electron chi connectivity index (χ1n) is 9.44. The first-order valence-corrected chi connectivity index (χ1v) is 10.7. The van der Waals surface area contributed by atoms with Gasteiger partial charge in [-0.2, -0.15) is 5.10 Å². The molecule has 0 atom stereocenters. The minimum Gasteiger partial charge on any atom is -0.295 e. The van der Waals surface area contributed by atoms with Gasteiger partial charge in [-0.15, -0.1) is 11.8 Å². The zero-order valence-corrected chi connectivity index (χ0v) is 16.5. The van der Waals surface area contributed by atoms with Gasteiger partial charge < -0.3 is 0 Å². The molecular formula is C23H25N3S. The van der Waals surface area contributed by atoms with Gasteiger partial charge in [-0.05, 0) is 40.3 Å². The molecule has 4 rings (SSSR count). The van der Waals surface area contributed by atoms with E-state index in [4.69, 9.17) is 0 Å². The Bertz CT molecular complexity index is 907. The molecule has 3 nitrogen and oxygen atoms in total. The lowest BCUT2D eigenvalue weighted by Crippen LogP contribution is -2.43. The molecule has 0 unspecified atom stereocenters. The van der Waals surface area contributed by atoms with Gasteiger partial charge in [0.05, 0.1) is 6.21 Å². The van der Waals surface area contributed by atoms with Gasteiger partial charge in [0.2, 0.25) is 0 Å². The SMILES string of the molecule is CSc1ccc(/C=N/N2CCN(Cc3cccc4ccccc34)CC2)cc1. The second-order valence-corrected chi connectivity index (χ2v) is 7.77. The molecule has 3 aromatic carbocycles. The zero-order chi connectivity index (χ0) is 18.5. The van der Waals surface area contributed by atoms with Crippen molar-refractivity contribution in [1.29, 1.82) is 0 Å². The van der Waals surface area contributed by atoms with Gasteiger partial charge in [0.1, 0.15) is 0 Å². The summed E-state index contributed by atoms with van der Waals surface area (Å²) in [6.07, 6.45) is 4.07. The molecule has 4 heteroatoms. The molecule has 0 aliphatic carbocycles. The molecule has 1 aliphatic heterocycles. The van der Waals surface area contributed by atoms with Crippen molar-refractivity contribution in [2.75, 3.05) is 32.4 Å². The van der Waals surface area contributed by atoms with Crippen LogP contribution in [0.1, 0.15) is 11.1 Å². The van der Waals surface area contributed by atoms with Gasteiger partial charge in [0.15, 0.2) is 0 Å². The van der Waals surface area contributed by atoms with Gasteiger partial charge in [-0.3, -0.25) is 9.91 Å². The van der Waals surface area contributed by atoms with Crippen molar-refractivity contribution in [2.24, 2.45) is 5.10 Å². The Balaban J connectivity index is 1.34. The second-order valence-electron chi connectivity index (χ2n) is 6.89. The maximum Gasteiger partial charge on any atom is 0.0542 e. The van der Waals surface area contributed by atoms with E-state index in [1.54, 1.807) is 11.8 Å². The van der Waals surface area contributed by atoms with Crippen LogP contribution in [-0.2, 0) is 6.54 Å². The average Bonchev–Trinajstić information content (AvgIpc) is 2.74. The molecule has 1 heterocycles. The second kappa shape index (κ2) is 8.59. The first-order chi connectivity index (χ1) is 13.3. The predicted molar refractivity (Wildman–Crippen MR) is 117 cm³/mol. The third-order valence-corrected chi connectivity index (χ3v) is 5.85. The number of rotatable bonds is 5. The van der Waals surface area contributed by atoms with Crippen LogP contribution in [0.5, 0.6) is 0 Å². The highest BCUT2D eigenvalue weighted by Crippen LogP contribution is 2.20. The Kier molecular flexibility index (Phi) is 5.75. The van der Waals surface area contributed by atoms with Crippen LogP contribution in [0.2, 0.25) is 0 Å². The van der Waals surface area contributed by atoms with E-state index in [-0.39, 0.29) is 0 Å². The van der Waals surface area contributed by atoms with E-state index in [9.17, 15) is 0 Å². The normalized spacial score (nSPS) is 15.7. The summed E-state index contributed by atoms with van der Waals surface area (Å²) in [7, 11) is 0. The number of fused-ring (bicyclic) bond motifs is 1. The maximum absolute atomic E-state index is 4.68. The largest absolute Gasteiger partial charge is 0.295 e. The molecule has 0 amide bonds. The van der Waals surface area contributed by atoms with Gasteiger partial charge in [-0.25, -0.2) is 0 Å². The molecule has 1 fully saturated rings. The number of hydrogen-bond donors (Lipinski definition) is 0. The molecule has 0 saturated carbocycles. The number of piperazine rings is 1.